The molecule has 2 aliphatic rings. The van der Waals surface area contributed by atoms with Crippen molar-refractivity contribution in [3.05, 3.63) is 29.7 Å². The number of β-amino-alcohol motifs (C(OH)–C–C–N with tert-alkyl or cyclic N) is 1. The molecule has 1 unspecified atom stereocenters. The summed E-state index contributed by atoms with van der Waals surface area (Å²) in [5.41, 5.74) is 2.27. The molecule has 4 rings (SSSR count). The number of aliphatic hydroxyl groups is 1. The summed E-state index contributed by atoms with van der Waals surface area (Å²) in [6, 6.07) is 4.43. The van der Waals surface area contributed by atoms with Crippen LogP contribution in [0.3, 0.4) is 0 Å². The first-order valence-corrected chi connectivity index (χ1v) is 8.64. The summed E-state index contributed by atoms with van der Waals surface area (Å²) in [5, 5.41) is 14.4. The Labute approximate surface area is 141 Å². The first-order chi connectivity index (χ1) is 11.6. The van der Waals surface area contributed by atoms with Gasteiger partial charge in [0.15, 0.2) is 0 Å². The normalized spacial score (nSPS) is 21.9. The van der Waals surface area contributed by atoms with E-state index in [4.69, 9.17) is 4.98 Å². The lowest BCUT2D eigenvalue weighted by Crippen LogP contribution is -2.49. The highest BCUT2D eigenvalue weighted by Crippen LogP contribution is 2.27. The SMILES string of the molecule is Cc1cc(C)n(C2CN(c3nccc(N4CCCC(O)C4)n3)C2)n1. The molecule has 0 aliphatic carbocycles. The van der Waals surface area contributed by atoms with Crippen LogP contribution in [-0.4, -0.2) is 57.1 Å². The third-order valence-electron chi connectivity index (χ3n) is 4.88. The molecule has 2 aliphatic heterocycles. The van der Waals surface area contributed by atoms with E-state index < -0.39 is 0 Å². The predicted molar refractivity (Wildman–Crippen MR) is 92.4 cm³/mol. The molecule has 128 valence electrons. The lowest BCUT2D eigenvalue weighted by Gasteiger charge is -2.40. The molecule has 0 spiro atoms. The number of aromatic nitrogens is 4. The second-order valence-corrected chi connectivity index (χ2v) is 6.89. The second-order valence-electron chi connectivity index (χ2n) is 6.89. The van der Waals surface area contributed by atoms with Crippen LogP contribution in [-0.2, 0) is 0 Å². The Morgan fingerprint density at radius 3 is 2.71 bits per heavy atom. The summed E-state index contributed by atoms with van der Waals surface area (Å²) < 4.78 is 2.11. The van der Waals surface area contributed by atoms with Crippen LogP contribution in [0.5, 0.6) is 0 Å². The Morgan fingerprint density at radius 2 is 2.00 bits per heavy atom. The highest BCUT2D eigenvalue weighted by molar-refractivity contribution is 5.45. The van der Waals surface area contributed by atoms with Gasteiger partial charge in [-0.05, 0) is 38.8 Å². The Kier molecular flexibility index (Phi) is 3.88. The Hall–Kier alpha value is -2.15. The number of rotatable bonds is 3. The highest BCUT2D eigenvalue weighted by atomic mass is 16.3. The van der Waals surface area contributed by atoms with Crippen molar-refractivity contribution in [1.82, 2.24) is 19.7 Å². The van der Waals surface area contributed by atoms with Gasteiger partial charge in [-0.1, -0.05) is 0 Å². The molecule has 2 aromatic rings. The quantitative estimate of drug-likeness (QED) is 0.916. The molecule has 4 heterocycles. The van der Waals surface area contributed by atoms with Gasteiger partial charge in [0.05, 0.1) is 17.8 Å². The number of piperidine rings is 1. The summed E-state index contributed by atoms with van der Waals surface area (Å²) in [6.45, 7) is 7.50. The van der Waals surface area contributed by atoms with Crippen LogP contribution in [0, 0.1) is 13.8 Å². The molecule has 7 heteroatoms. The van der Waals surface area contributed by atoms with Crippen LogP contribution < -0.4 is 9.80 Å². The fourth-order valence-corrected chi connectivity index (χ4v) is 3.62. The van der Waals surface area contributed by atoms with Gasteiger partial charge in [0, 0.05) is 38.1 Å². The zero-order valence-corrected chi connectivity index (χ0v) is 14.3. The molecule has 2 aromatic heterocycles. The molecule has 2 saturated heterocycles. The van der Waals surface area contributed by atoms with Crippen molar-refractivity contribution in [1.29, 1.82) is 0 Å². The molecule has 0 aromatic carbocycles. The summed E-state index contributed by atoms with van der Waals surface area (Å²) in [4.78, 5) is 13.5. The third kappa shape index (κ3) is 2.84. The topological polar surface area (TPSA) is 70.3 Å². The summed E-state index contributed by atoms with van der Waals surface area (Å²) >= 11 is 0. The number of aryl methyl sites for hydroxylation is 2. The number of hydrogen-bond acceptors (Lipinski definition) is 6. The smallest absolute Gasteiger partial charge is 0.227 e. The summed E-state index contributed by atoms with van der Waals surface area (Å²) in [5.74, 6) is 1.68. The molecule has 0 saturated carbocycles. The standard InChI is InChI=1S/C17H24N6O/c1-12-8-13(2)23(20-12)14-9-22(10-14)17-18-6-5-16(19-17)21-7-3-4-15(24)11-21/h5-6,8,14-15,24H,3-4,7,9-11H2,1-2H3. The van der Waals surface area contributed by atoms with Crippen molar-refractivity contribution in [2.45, 2.75) is 38.8 Å². The van der Waals surface area contributed by atoms with Gasteiger partial charge in [-0.25, -0.2) is 4.98 Å². The van der Waals surface area contributed by atoms with E-state index in [1.807, 2.05) is 19.2 Å². The molecule has 1 atom stereocenters. The third-order valence-corrected chi connectivity index (χ3v) is 4.88. The molecule has 7 nitrogen and oxygen atoms in total. The minimum absolute atomic E-state index is 0.253. The van der Waals surface area contributed by atoms with Crippen molar-refractivity contribution in [3.63, 3.8) is 0 Å². The number of nitrogens with zero attached hydrogens (tertiary/aromatic N) is 6. The van der Waals surface area contributed by atoms with Gasteiger partial charge < -0.3 is 14.9 Å². The van der Waals surface area contributed by atoms with Crippen LogP contribution in [0.4, 0.5) is 11.8 Å². The average Bonchev–Trinajstić information content (AvgIpc) is 2.85. The predicted octanol–water partition coefficient (Wildman–Crippen LogP) is 1.31. The van der Waals surface area contributed by atoms with Crippen LogP contribution in [0.25, 0.3) is 0 Å². The van der Waals surface area contributed by atoms with E-state index in [9.17, 15) is 5.11 Å². The molecule has 0 bridgehead atoms. The van der Waals surface area contributed by atoms with E-state index in [0.29, 0.717) is 12.6 Å². The molecule has 0 radical (unpaired) electrons. The van der Waals surface area contributed by atoms with Crippen LogP contribution in [0.15, 0.2) is 18.3 Å². The molecular formula is C17H24N6O. The average molecular weight is 328 g/mol. The highest BCUT2D eigenvalue weighted by Gasteiger charge is 2.32. The molecule has 1 N–H and O–H groups in total. The first-order valence-electron chi connectivity index (χ1n) is 8.64. The van der Waals surface area contributed by atoms with Gasteiger partial charge in [0.2, 0.25) is 5.95 Å². The van der Waals surface area contributed by atoms with Crippen molar-refractivity contribution < 1.29 is 5.11 Å². The lowest BCUT2D eigenvalue weighted by atomic mass is 10.1. The van der Waals surface area contributed by atoms with E-state index in [2.05, 4.69) is 37.6 Å². The van der Waals surface area contributed by atoms with Crippen LogP contribution >= 0.6 is 0 Å². The minimum atomic E-state index is -0.253. The number of aliphatic hydroxyl groups excluding tert-OH is 1. The molecular weight excluding hydrogens is 304 g/mol. The number of hydrogen-bond donors (Lipinski definition) is 1. The van der Waals surface area contributed by atoms with Gasteiger partial charge in [-0.15, -0.1) is 0 Å². The lowest BCUT2D eigenvalue weighted by molar-refractivity contribution is 0.154. The molecule has 24 heavy (non-hydrogen) atoms. The van der Waals surface area contributed by atoms with Crippen molar-refractivity contribution in [2.75, 3.05) is 36.0 Å². The van der Waals surface area contributed by atoms with Crippen LogP contribution in [0.1, 0.15) is 30.3 Å². The van der Waals surface area contributed by atoms with Gasteiger partial charge >= 0.3 is 0 Å². The fourth-order valence-electron chi connectivity index (χ4n) is 3.62. The Bertz CT molecular complexity index is 724. The summed E-state index contributed by atoms with van der Waals surface area (Å²) in [6.07, 6.45) is 3.45. The van der Waals surface area contributed by atoms with E-state index in [0.717, 1.165) is 49.9 Å². The van der Waals surface area contributed by atoms with E-state index in [-0.39, 0.29) is 6.10 Å². The number of anilines is 2. The largest absolute Gasteiger partial charge is 0.391 e. The van der Waals surface area contributed by atoms with E-state index in [1.165, 1.54) is 5.69 Å². The van der Waals surface area contributed by atoms with Crippen molar-refractivity contribution >= 4 is 11.8 Å². The van der Waals surface area contributed by atoms with Crippen LogP contribution in [0.2, 0.25) is 0 Å². The Balaban J connectivity index is 1.44. The van der Waals surface area contributed by atoms with Gasteiger partial charge in [-0.2, -0.15) is 10.1 Å². The zero-order valence-electron chi connectivity index (χ0n) is 14.3. The van der Waals surface area contributed by atoms with Crippen molar-refractivity contribution in [2.24, 2.45) is 0 Å². The molecule has 2 fully saturated rings. The maximum absolute atomic E-state index is 9.86. The molecule has 0 amide bonds. The minimum Gasteiger partial charge on any atom is -0.391 e. The zero-order chi connectivity index (χ0) is 16.7. The second kappa shape index (κ2) is 6.05. The van der Waals surface area contributed by atoms with Gasteiger partial charge in [0.1, 0.15) is 5.82 Å². The van der Waals surface area contributed by atoms with E-state index >= 15 is 0 Å². The maximum Gasteiger partial charge on any atom is 0.227 e. The van der Waals surface area contributed by atoms with E-state index in [1.54, 1.807) is 0 Å². The summed E-state index contributed by atoms with van der Waals surface area (Å²) in [7, 11) is 0. The fraction of sp³-hybridized carbons (Fsp3) is 0.588. The monoisotopic (exact) mass is 328 g/mol. The van der Waals surface area contributed by atoms with Gasteiger partial charge in [0.25, 0.3) is 0 Å². The van der Waals surface area contributed by atoms with Gasteiger partial charge in [-0.3, -0.25) is 4.68 Å². The Morgan fingerprint density at radius 1 is 1.17 bits per heavy atom. The van der Waals surface area contributed by atoms with Crippen molar-refractivity contribution in [3.8, 4) is 0 Å². The maximum atomic E-state index is 9.86. The first kappa shape index (κ1) is 15.4.